The molecule has 0 spiro atoms. The third-order valence-corrected chi connectivity index (χ3v) is 17.6. The summed E-state index contributed by atoms with van der Waals surface area (Å²) in [5.74, 6) is 4.29. The summed E-state index contributed by atoms with van der Waals surface area (Å²) in [7, 11) is 4.15. The molecule has 2 aromatic carbocycles. The molecule has 0 radical (unpaired) electrons. The first-order valence-corrected chi connectivity index (χ1v) is 27.8. The van der Waals surface area contributed by atoms with Gasteiger partial charge in [0.15, 0.2) is 0 Å². The van der Waals surface area contributed by atoms with Crippen molar-refractivity contribution < 1.29 is 4.68 Å². The van der Waals surface area contributed by atoms with Crippen molar-refractivity contribution >= 4 is 11.3 Å². The molecule has 8 aromatic rings. The molecule has 4 aliphatic rings. The molecule has 388 valence electrons. The molecule has 6 aromatic heterocycles. The Morgan fingerprint density at radius 1 is 0.680 bits per heavy atom. The number of benzene rings is 2. The quantitative estimate of drug-likeness (QED) is 0.104. The van der Waals surface area contributed by atoms with E-state index in [2.05, 4.69) is 132 Å². The van der Waals surface area contributed by atoms with Gasteiger partial charge in [-0.3, -0.25) is 28.2 Å². The summed E-state index contributed by atoms with van der Waals surface area (Å²) in [5, 5.41) is 14.2. The number of piperidine rings is 2. The smallest absolute Gasteiger partial charge is 0.265 e. The minimum Gasteiger partial charge on any atom is -0.320 e. The van der Waals surface area contributed by atoms with Gasteiger partial charge >= 0.3 is 0 Å². The first-order chi connectivity index (χ1) is 36.3. The minimum atomic E-state index is -0.263. The summed E-state index contributed by atoms with van der Waals surface area (Å²) in [6.07, 6.45) is 21.0. The second-order valence-corrected chi connectivity index (χ2v) is 23.7. The van der Waals surface area contributed by atoms with Crippen LogP contribution >= 0.6 is 0 Å². The van der Waals surface area contributed by atoms with Crippen molar-refractivity contribution in [2.75, 3.05) is 26.2 Å². The topological polar surface area (TPSA) is 128 Å². The van der Waals surface area contributed by atoms with Crippen LogP contribution in [0.15, 0.2) is 108 Å². The Kier molecular flexibility index (Phi) is 12.8. The fraction of sp³-hybridized carbons (Fsp3) is 0.475. The molecule has 2 aliphatic heterocycles. The molecular weight excluding hydrogens is 933 g/mol. The number of pyridine rings is 2. The summed E-state index contributed by atoms with van der Waals surface area (Å²) >= 11 is 0. The predicted octanol–water partition coefficient (Wildman–Crippen LogP) is 8.63. The van der Waals surface area contributed by atoms with E-state index < -0.39 is 0 Å². The van der Waals surface area contributed by atoms with E-state index in [1.807, 2.05) is 30.1 Å². The van der Waals surface area contributed by atoms with Gasteiger partial charge in [-0.2, -0.15) is 0 Å². The monoisotopic (exact) mass is 1010 g/mol. The van der Waals surface area contributed by atoms with E-state index in [-0.39, 0.29) is 21.9 Å². The standard InChI is InChI=1S/C61H73N12O2/c1-8-47-22-46(37-73-55(47)63-30-53(57(73)75)48-15-9-17-50(23-48)60(25-41(3)26-60)58-65-64-38-67(58)6)34-70-20-12-14-44(32-70)35-71-39-68(7)59(66-71)61(27-42(4)28-61)51-18-10-16-49(24-51)52-29-62-54-43(5)21-45(36-72(54)56(52)74)33-69-19-11-13-40(2)31-69/h9-10,15-18,21-24,29-30,36-42,44H,8,11-14,19-20,25-28,31-35H2,1-7H3/q+1/t40-,41?,42?,44-,60?,61?/m0/s1. The Labute approximate surface area is 440 Å². The van der Waals surface area contributed by atoms with Gasteiger partial charge in [-0.15, -0.1) is 14.9 Å². The summed E-state index contributed by atoms with van der Waals surface area (Å²) < 4.78 is 10.0. The van der Waals surface area contributed by atoms with Crippen LogP contribution in [0.4, 0.5) is 0 Å². The van der Waals surface area contributed by atoms with Gasteiger partial charge < -0.3 is 4.57 Å². The highest BCUT2D eigenvalue weighted by atomic mass is 16.1. The molecule has 4 fully saturated rings. The van der Waals surface area contributed by atoms with Crippen LogP contribution in [0, 0.1) is 30.6 Å². The number of rotatable bonds is 13. The van der Waals surface area contributed by atoms with Gasteiger partial charge in [0.25, 0.3) is 17.4 Å². The normalized spacial score (nSPS) is 24.4. The fourth-order valence-electron chi connectivity index (χ4n) is 14.3. The number of aryl methyl sites for hydroxylation is 4. The Morgan fingerprint density at radius 2 is 1.27 bits per heavy atom. The lowest BCUT2D eigenvalue weighted by Crippen LogP contribution is -2.47. The number of hydrogen-bond acceptors (Lipinski definition) is 9. The van der Waals surface area contributed by atoms with Crippen molar-refractivity contribution in [3.05, 3.63) is 164 Å². The summed E-state index contributed by atoms with van der Waals surface area (Å²) in [5.41, 5.74) is 10.6. The molecule has 14 heteroatoms. The molecular formula is C61H73N12O2+. The molecule has 2 saturated carbocycles. The van der Waals surface area contributed by atoms with Crippen molar-refractivity contribution in [1.82, 2.24) is 53.0 Å². The Hall–Kier alpha value is -6.64. The number of likely N-dealkylation sites (tertiary alicyclic amines) is 2. The van der Waals surface area contributed by atoms with E-state index in [1.54, 1.807) is 27.5 Å². The summed E-state index contributed by atoms with van der Waals surface area (Å²) in [6.45, 7) is 17.7. The van der Waals surface area contributed by atoms with Gasteiger partial charge in [-0.25, -0.2) is 14.5 Å². The van der Waals surface area contributed by atoms with Crippen LogP contribution < -0.4 is 15.8 Å². The second-order valence-electron chi connectivity index (χ2n) is 23.7. The maximum Gasteiger partial charge on any atom is 0.265 e. The SMILES string of the molecule is CCc1cc(CN2CCC[C@H](C[n+]3cn(C)c(C4(c5cccc(-c6cnc7c(C)cc(CN8CCC[C@H](C)C8)cn7c6=O)c5)CC(C)C4)n3)C2)cn2c(=O)c(-c3cccc(C4(c5nncn5C)CC(C)C4)c3)cnc12. The molecule has 2 saturated heterocycles. The van der Waals surface area contributed by atoms with E-state index in [1.165, 1.54) is 24.0 Å². The third kappa shape index (κ3) is 8.94. The van der Waals surface area contributed by atoms with Gasteiger partial charge in [0.2, 0.25) is 5.82 Å². The van der Waals surface area contributed by atoms with E-state index in [0.717, 1.165) is 141 Å². The van der Waals surface area contributed by atoms with E-state index >= 15 is 0 Å². The zero-order chi connectivity index (χ0) is 51.8. The van der Waals surface area contributed by atoms with Crippen molar-refractivity contribution in [1.29, 1.82) is 0 Å². The molecule has 2 aliphatic carbocycles. The zero-order valence-electron chi connectivity index (χ0n) is 45.0. The lowest BCUT2D eigenvalue weighted by Gasteiger charge is -2.46. The number of aromatic nitrogens is 10. The van der Waals surface area contributed by atoms with Crippen LogP contribution in [0.1, 0.15) is 124 Å². The van der Waals surface area contributed by atoms with Gasteiger partial charge in [0.1, 0.15) is 30.0 Å². The maximum absolute atomic E-state index is 14.6. The van der Waals surface area contributed by atoms with Crippen LogP contribution in [-0.2, 0) is 51.0 Å². The molecule has 12 rings (SSSR count). The van der Waals surface area contributed by atoms with Gasteiger partial charge in [0.05, 0.1) is 29.0 Å². The largest absolute Gasteiger partial charge is 0.320 e. The maximum atomic E-state index is 14.6. The lowest BCUT2D eigenvalue weighted by atomic mass is 9.58. The Balaban J connectivity index is 0.770. The average Bonchev–Trinajstić information content (AvgIpc) is 4.00. The third-order valence-electron chi connectivity index (χ3n) is 17.6. The molecule has 2 atom stereocenters. The summed E-state index contributed by atoms with van der Waals surface area (Å²) in [6, 6.07) is 21.5. The van der Waals surface area contributed by atoms with Crippen LogP contribution in [-0.4, -0.2) is 79.2 Å². The van der Waals surface area contributed by atoms with Crippen molar-refractivity contribution in [3.8, 4) is 22.3 Å². The van der Waals surface area contributed by atoms with E-state index in [9.17, 15) is 9.59 Å². The molecule has 0 N–H and O–H groups in total. The lowest BCUT2D eigenvalue weighted by molar-refractivity contribution is -0.758. The minimum absolute atomic E-state index is 0.0304. The molecule has 0 amide bonds. The van der Waals surface area contributed by atoms with Crippen LogP contribution in [0.3, 0.4) is 0 Å². The predicted molar refractivity (Wildman–Crippen MR) is 292 cm³/mol. The van der Waals surface area contributed by atoms with Gasteiger partial charge in [0, 0.05) is 63.9 Å². The zero-order valence-corrected chi connectivity index (χ0v) is 45.0. The van der Waals surface area contributed by atoms with Gasteiger partial charge in [-0.05, 0) is 169 Å². The molecule has 0 unspecified atom stereocenters. The molecule has 8 heterocycles. The number of nitrogens with zero attached hydrogens (tertiary/aromatic N) is 12. The first-order valence-electron chi connectivity index (χ1n) is 27.8. The Bertz CT molecular complexity index is 3570. The number of fused-ring (bicyclic) bond motifs is 2. The van der Waals surface area contributed by atoms with Gasteiger partial charge in [-0.1, -0.05) is 64.1 Å². The highest BCUT2D eigenvalue weighted by molar-refractivity contribution is 5.67. The Morgan fingerprint density at radius 3 is 1.87 bits per heavy atom. The summed E-state index contributed by atoms with van der Waals surface area (Å²) in [4.78, 5) is 43.9. The highest BCUT2D eigenvalue weighted by Gasteiger charge is 2.51. The van der Waals surface area contributed by atoms with E-state index in [4.69, 9.17) is 15.1 Å². The fourth-order valence-corrected chi connectivity index (χ4v) is 14.3. The van der Waals surface area contributed by atoms with Crippen molar-refractivity contribution in [3.63, 3.8) is 0 Å². The molecule has 75 heavy (non-hydrogen) atoms. The number of hydrogen-bond donors (Lipinski definition) is 0. The van der Waals surface area contributed by atoms with Crippen LogP contribution in [0.25, 0.3) is 33.5 Å². The second kappa shape index (κ2) is 19.5. The highest BCUT2D eigenvalue weighted by Crippen LogP contribution is 2.53. The van der Waals surface area contributed by atoms with Crippen LogP contribution in [0.2, 0.25) is 0 Å². The first kappa shape index (κ1) is 49.2. The molecule has 0 bridgehead atoms. The van der Waals surface area contributed by atoms with E-state index in [0.29, 0.717) is 40.4 Å². The molecule has 14 nitrogen and oxygen atoms in total. The van der Waals surface area contributed by atoms with Crippen LogP contribution in [0.5, 0.6) is 0 Å². The van der Waals surface area contributed by atoms with Crippen molar-refractivity contribution in [2.45, 2.75) is 123 Å². The van der Waals surface area contributed by atoms with Crippen molar-refractivity contribution in [2.24, 2.45) is 37.8 Å². The average molecular weight is 1010 g/mol.